The van der Waals surface area contributed by atoms with E-state index in [2.05, 4.69) is 27.7 Å². The Kier molecular flexibility index (Phi) is 3.40. The van der Waals surface area contributed by atoms with Crippen molar-refractivity contribution in [2.24, 2.45) is 5.73 Å². The summed E-state index contributed by atoms with van der Waals surface area (Å²) in [5.74, 6) is 0.322. The van der Waals surface area contributed by atoms with Gasteiger partial charge in [0.05, 0.1) is 0 Å². The number of aromatic hydroxyl groups is 1. The van der Waals surface area contributed by atoms with Crippen molar-refractivity contribution in [2.45, 2.75) is 46.1 Å². The minimum atomic E-state index is 0.100. The van der Waals surface area contributed by atoms with Gasteiger partial charge >= 0.3 is 0 Å². The predicted molar refractivity (Wildman–Crippen MR) is 64.1 cm³/mol. The van der Waals surface area contributed by atoms with Gasteiger partial charge in [0.25, 0.3) is 0 Å². The minimum absolute atomic E-state index is 0.100. The van der Waals surface area contributed by atoms with Gasteiger partial charge in [0.1, 0.15) is 5.75 Å². The van der Waals surface area contributed by atoms with Gasteiger partial charge < -0.3 is 10.8 Å². The fourth-order valence-electron chi connectivity index (χ4n) is 1.83. The molecule has 2 nitrogen and oxygen atoms in total. The Bertz CT molecular complexity index is 350. The lowest BCUT2D eigenvalue weighted by Gasteiger charge is -2.24. The molecular formula is C13H21NO. The molecule has 0 amide bonds. The number of hydrogen-bond acceptors (Lipinski definition) is 2. The van der Waals surface area contributed by atoms with Crippen LogP contribution in [0, 0.1) is 0 Å². The summed E-state index contributed by atoms with van der Waals surface area (Å²) in [6.45, 7) is 9.03. The largest absolute Gasteiger partial charge is 0.508 e. The molecule has 0 fully saturated rings. The molecular weight excluding hydrogens is 186 g/mol. The number of phenols is 1. The fraction of sp³-hybridized carbons (Fsp3) is 0.538. The molecule has 0 aromatic heterocycles. The first kappa shape index (κ1) is 12.1. The molecule has 0 unspecified atom stereocenters. The third-order valence-corrected chi connectivity index (χ3v) is 2.71. The maximum Gasteiger partial charge on any atom is 0.120 e. The summed E-state index contributed by atoms with van der Waals surface area (Å²) >= 11 is 0. The number of phenolic OH excluding ortho intramolecular Hbond substituents is 1. The van der Waals surface area contributed by atoms with Gasteiger partial charge in [-0.1, -0.05) is 33.8 Å². The van der Waals surface area contributed by atoms with Crippen molar-refractivity contribution in [2.75, 3.05) is 0 Å². The Morgan fingerprint density at radius 2 is 1.80 bits per heavy atom. The zero-order chi connectivity index (χ0) is 11.6. The zero-order valence-corrected chi connectivity index (χ0v) is 10.1. The molecule has 0 spiro atoms. The second kappa shape index (κ2) is 4.23. The molecule has 0 radical (unpaired) electrons. The van der Waals surface area contributed by atoms with Crippen LogP contribution in [0.4, 0.5) is 0 Å². The highest BCUT2D eigenvalue weighted by Gasteiger charge is 2.19. The molecule has 0 saturated carbocycles. The van der Waals surface area contributed by atoms with Crippen LogP contribution in [0.25, 0.3) is 0 Å². The molecule has 3 N–H and O–H groups in total. The Labute approximate surface area is 92.1 Å². The second-order valence-corrected chi connectivity index (χ2v) is 4.95. The van der Waals surface area contributed by atoms with E-state index in [4.69, 9.17) is 5.73 Å². The van der Waals surface area contributed by atoms with Crippen LogP contribution in [0.1, 0.15) is 44.4 Å². The van der Waals surface area contributed by atoms with Crippen LogP contribution >= 0.6 is 0 Å². The van der Waals surface area contributed by atoms with Crippen molar-refractivity contribution in [3.63, 3.8) is 0 Å². The van der Waals surface area contributed by atoms with E-state index in [9.17, 15) is 5.11 Å². The molecule has 0 aliphatic heterocycles. The SMILES string of the molecule is CCc1cc(O)c(CN)cc1C(C)(C)C. The quantitative estimate of drug-likeness (QED) is 0.783. The molecule has 15 heavy (non-hydrogen) atoms. The van der Waals surface area contributed by atoms with Gasteiger partial charge in [-0.25, -0.2) is 0 Å². The Morgan fingerprint density at radius 3 is 2.20 bits per heavy atom. The lowest BCUT2D eigenvalue weighted by atomic mass is 9.82. The Hall–Kier alpha value is -1.02. The summed E-state index contributed by atoms with van der Waals surface area (Å²) in [4.78, 5) is 0. The number of hydrogen-bond donors (Lipinski definition) is 2. The molecule has 1 rings (SSSR count). The van der Waals surface area contributed by atoms with Gasteiger partial charge in [0.15, 0.2) is 0 Å². The maximum atomic E-state index is 9.73. The van der Waals surface area contributed by atoms with Gasteiger partial charge in [-0.15, -0.1) is 0 Å². The van der Waals surface area contributed by atoms with E-state index in [0.717, 1.165) is 12.0 Å². The van der Waals surface area contributed by atoms with E-state index in [1.54, 1.807) is 0 Å². The molecule has 0 heterocycles. The van der Waals surface area contributed by atoms with E-state index in [1.165, 1.54) is 11.1 Å². The van der Waals surface area contributed by atoms with Crippen LogP contribution in [-0.4, -0.2) is 5.11 Å². The number of nitrogens with two attached hydrogens (primary N) is 1. The smallest absolute Gasteiger partial charge is 0.120 e. The first-order chi connectivity index (χ1) is 6.90. The molecule has 1 aromatic carbocycles. The highest BCUT2D eigenvalue weighted by molar-refractivity contribution is 5.44. The predicted octanol–water partition coefficient (Wildman–Crippen LogP) is 2.71. The lowest BCUT2D eigenvalue weighted by molar-refractivity contribution is 0.465. The van der Waals surface area contributed by atoms with Gasteiger partial charge in [-0.3, -0.25) is 0 Å². The van der Waals surface area contributed by atoms with Gasteiger partial charge in [-0.05, 0) is 29.0 Å². The fourth-order valence-corrected chi connectivity index (χ4v) is 1.83. The van der Waals surface area contributed by atoms with Crippen LogP contribution in [-0.2, 0) is 18.4 Å². The van der Waals surface area contributed by atoms with Crippen molar-refractivity contribution >= 4 is 0 Å². The number of benzene rings is 1. The van der Waals surface area contributed by atoms with E-state index < -0.39 is 0 Å². The van der Waals surface area contributed by atoms with Crippen LogP contribution < -0.4 is 5.73 Å². The summed E-state index contributed by atoms with van der Waals surface area (Å²) in [6, 6.07) is 3.89. The van der Waals surface area contributed by atoms with Crippen LogP contribution in [0.5, 0.6) is 5.75 Å². The third-order valence-electron chi connectivity index (χ3n) is 2.71. The lowest BCUT2D eigenvalue weighted by Crippen LogP contribution is -2.15. The molecule has 84 valence electrons. The topological polar surface area (TPSA) is 46.2 Å². The molecule has 1 aromatic rings. The van der Waals surface area contributed by atoms with Crippen LogP contribution in [0.3, 0.4) is 0 Å². The first-order valence-electron chi connectivity index (χ1n) is 5.45. The van der Waals surface area contributed by atoms with Crippen LogP contribution in [0.2, 0.25) is 0 Å². The monoisotopic (exact) mass is 207 g/mol. The zero-order valence-electron chi connectivity index (χ0n) is 10.1. The highest BCUT2D eigenvalue weighted by atomic mass is 16.3. The molecule has 0 saturated heterocycles. The Balaban J connectivity index is 3.36. The van der Waals surface area contributed by atoms with Crippen molar-refractivity contribution in [3.8, 4) is 5.75 Å². The second-order valence-electron chi connectivity index (χ2n) is 4.95. The van der Waals surface area contributed by atoms with Gasteiger partial charge in [0.2, 0.25) is 0 Å². The number of aryl methyl sites for hydroxylation is 1. The van der Waals surface area contributed by atoms with E-state index in [-0.39, 0.29) is 5.41 Å². The molecule has 0 aliphatic rings. The summed E-state index contributed by atoms with van der Waals surface area (Å²) < 4.78 is 0. The molecule has 0 aliphatic carbocycles. The minimum Gasteiger partial charge on any atom is -0.508 e. The van der Waals surface area contributed by atoms with Crippen molar-refractivity contribution in [3.05, 3.63) is 28.8 Å². The van der Waals surface area contributed by atoms with Crippen molar-refractivity contribution in [1.82, 2.24) is 0 Å². The normalized spacial score (nSPS) is 11.8. The van der Waals surface area contributed by atoms with E-state index in [1.807, 2.05) is 12.1 Å². The average Bonchev–Trinajstić information content (AvgIpc) is 2.15. The maximum absolute atomic E-state index is 9.73. The average molecular weight is 207 g/mol. The van der Waals surface area contributed by atoms with E-state index >= 15 is 0 Å². The first-order valence-corrected chi connectivity index (χ1v) is 5.45. The summed E-state index contributed by atoms with van der Waals surface area (Å²) in [5.41, 5.74) is 9.01. The van der Waals surface area contributed by atoms with Gasteiger partial charge in [-0.2, -0.15) is 0 Å². The van der Waals surface area contributed by atoms with E-state index in [0.29, 0.717) is 12.3 Å². The van der Waals surface area contributed by atoms with Crippen molar-refractivity contribution in [1.29, 1.82) is 0 Å². The van der Waals surface area contributed by atoms with Crippen molar-refractivity contribution < 1.29 is 5.11 Å². The van der Waals surface area contributed by atoms with Crippen LogP contribution in [0.15, 0.2) is 12.1 Å². The molecule has 0 atom stereocenters. The standard InChI is InChI=1S/C13H21NO/c1-5-9-7-12(15)10(8-14)6-11(9)13(2,3)4/h6-7,15H,5,8,14H2,1-4H3. The summed E-state index contributed by atoms with van der Waals surface area (Å²) in [5, 5.41) is 9.73. The van der Waals surface area contributed by atoms with Gasteiger partial charge in [0, 0.05) is 12.1 Å². The Morgan fingerprint density at radius 1 is 1.20 bits per heavy atom. The highest BCUT2D eigenvalue weighted by Crippen LogP contribution is 2.31. The summed E-state index contributed by atoms with van der Waals surface area (Å²) in [7, 11) is 0. The molecule has 2 heteroatoms. The molecule has 0 bridgehead atoms. The number of rotatable bonds is 2. The third kappa shape index (κ3) is 2.51. The summed E-state index contributed by atoms with van der Waals surface area (Å²) in [6.07, 6.45) is 0.936.